The molecule has 2 aliphatic rings. The second kappa shape index (κ2) is 8.12. The molecule has 1 aliphatic heterocycles. The van der Waals surface area contributed by atoms with Crippen molar-refractivity contribution in [2.75, 3.05) is 18.9 Å². The summed E-state index contributed by atoms with van der Waals surface area (Å²) < 4.78 is 34.3. The summed E-state index contributed by atoms with van der Waals surface area (Å²) in [7, 11) is 0. The van der Waals surface area contributed by atoms with E-state index in [0.717, 1.165) is 17.7 Å². The van der Waals surface area contributed by atoms with Gasteiger partial charge in [-0.15, -0.1) is 0 Å². The first-order valence-corrected chi connectivity index (χ1v) is 10.3. The zero-order valence-corrected chi connectivity index (χ0v) is 17.1. The number of ether oxygens (including phenoxy) is 1. The molecule has 32 heavy (non-hydrogen) atoms. The number of aliphatic hydroxyl groups is 2. The van der Waals surface area contributed by atoms with Crippen LogP contribution in [0.25, 0.3) is 11.0 Å². The lowest BCUT2D eigenvalue weighted by Gasteiger charge is -2.23. The molecule has 8 nitrogen and oxygen atoms in total. The van der Waals surface area contributed by atoms with Gasteiger partial charge in [-0.1, -0.05) is 6.08 Å². The second-order valence-electron chi connectivity index (χ2n) is 8.06. The van der Waals surface area contributed by atoms with Crippen LogP contribution in [0.1, 0.15) is 29.2 Å². The van der Waals surface area contributed by atoms with Gasteiger partial charge in [0.15, 0.2) is 0 Å². The van der Waals surface area contributed by atoms with E-state index in [1.54, 1.807) is 22.9 Å². The average Bonchev–Trinajstić information content (AvgIpc) is 3.34. The van der Waals surface area contributed by atoms with Gasteiger partial charge in [0.25, 0.3) is 6.43 Å². The molecule has 3 aromatic rings. The Morgan fingerprint density at radius 1 is 1.28 bits per heavy atom. The lowest BCUT2D eigenvalue weighted by atomic mass is 9.97. The van der Waals surface area contributed by atoms with Gasteiger partial charge in [-0.3, -0.25) is 0 Å². The first-order chi connectivity index (χ1) is 15.4. The number of rotatable bonds is 5. The van der Waals surface area contributed by atoms with Crippen LogP contribution in [0.4, 0.5) is 14.6 Å². The number of nitrogens with two attached hydrogens (primary N) is 1. The molecule has 3 heterocycles. The van der Waals surface area contributed by atoms with Crippen LogP contribution in [0.2, 0.25) is 0 Å². The van der Waals surface area contributed by atoms with E-state index in [0.29, 0.717) is 41.1 Å². The maximum Gasteiger partial charge on any atom is 0.263 e. The molecule has 5 rings (SSSR count). The van der Waals surface area contributed by atoms with Crippen molar-refractivity contribution in [2.45, 2.75) is 37.6 Å². The number of anilines is 1. The first-order valence-electron chi connectivity index (χ1n) is 10.3. The van der Waals surface area contributed by atoms with Crippen molar-refractivity contribution in [3.8, 4) is 5.75 Å². The highest BCUT2D eigenvalue weighted by atomic mass is 19.3. The number of aliphatic hydroxyl groups excluding tert-OH is 2. The van der Waals surface area contributed by atoms with E-state index >= 15 is 0 Å². The zero-order chi connectivity index (χ0) is 22.4. The van der Waals surface area contributed by atoms with E-state index < -0.39 is 24.7 Å². The van der Waals surface area contributed by atoms with E-state index in [2.05, 4.69) is 15.3 Å². The Balaban J connectivity index is 1.42. The van der Waals surface area contributed by atoms with Crippen molar-refractivity contribution < 1.29 is 23.7 Å². The van der Waals surface area contributed by atoms with Gasteiger partial charge in [-0.2, -0.15) is 0 Å². The fourth-order valence-corrected chi connectivity index (χ4v) is 4.43. The van der Waals surface area contributed by atoms with Gasteiger partial charge in [-0.25, -0.2) is 18.7 Å². The normalized spacial score (nSPS) is 22.9. The van der Waals surface area contributed by atoms with E-state index in [4.69, 9.17) is 10.5 Å². The fourth-order valence-electron chi connectivity index (χ4n) is 4.43. The van der Waals surface area contributed by atoms with E-state index in [9.17, 15) is 19.0 Å². The highest BCUT2D eigenvalue weighted by Crippen LogP contribution is 2.35. The Labute approximate surface area is 182 Å². The first kappa shape index (κ1) is 20.8. The Kier molecular flexibility index (Phi) is 5.28. The maximum atomic E-state index is 13.4. The molecule has 0 fully saturated rings. The van der Waals surface area contributed by atoms with Crippen molar-refractivity contribution >= 4 is 16.9 Å². The highest BCUT2D eigenvalue weighted by molar-refractivity contribution is 5.86. The van der Waals surface area contributed by atoms with Gasteiger partial charge in [-0.05, 0) is 42.3 Å². The SMILES string of the molecule is Nc1ncnc2c1ccn2C1C=C(COc2cc(C(F)F)cc3c2CNCC3)C(O)C1O. The summed E-state index contributed by atoms with van der Waals surface area (Å²) in [6.07, 6.45) is 0.542. The third-order valence-corrected chi connectivity index (χ3v) is 6.14. The molecule has 0 radical (unpaired) electrons. The summed E-state index contributed by atoms with van der Waals surface area (Å²) in [5.74, 6) is 0.689. The summed E-state index contributed by atoms with van der Waals surface area (Å²) >= 11 is 0. The highest BCUT2D eigenvalue weighted by Gasteiger charge is 2.36. The van der Waals surface area contributed by atoms with Crippen LogP contribution in [0.15, 0.2) is 42.4 Å². The van der Waals surface area contributed by atoms with Crippen LogP contribution >= 0.6 is 0 Å². The van der Waals surface area contributed by atoms with Crippen molar-refractivity contribution in [3.63, 3.8) is 0 Å². The number of fused-ring (bicyclic) bond motifs is 2. The Morgan fingerprint density at radius 2 is 2.12 bits per heavy atom. The molecule has 2 aromatic heterocycles. The molecule has 10 heteroatoms. The minimum Gasteiger partial charge on any atom is -0.489 e. The molecular weight excluding hydrogens is 420 g/mol. The van der Waals surface area contributed by atoms with Gasteiger partial charge in [0.05, 0.1) is 11.4 Å². The number of nitrogen functional groups attached to an aromatic ring is 1. The summed E-state index contributed by atoms with van der Waals surface area (Å²) in [5.41, 5.74) is 8.49. The monoisotopic (exact) mass is 443 g/mol. The lowest BCUT2D eigenvalue weighted by Crippen LogP contribution is -2.30. The molecule has 0 spiro atoms. The minimum atomic E-state index is -2.60. The van der Waals surface area contributed by atoms with Crippen LogP contribution in [-0.2, 0) is 13.0 Å². The molecule has 168 valence electrons. The molecule has 0 saturated heterocycles. The van der Waals surface area contributed by atoms with E-state index in [1.807, 2.05) is 0 Å². The van der Waals surface area contributed by atoms with Gasteiger partial charge >= 0.3 is 0 Å². The van der Waals surface area contributed by atoms with Crippen LogP contribution in [-0.4, -0.2) is 50.1 Å². The number of aromatic nitrogens is 3. The minimum absolute atomic E-state index is 0.0375. The Morgan fingerprint density at radius 3 is 2.94 bits per heavy atom. The molecule has 3 unspecified atom stereocenters. The topological polar surface area (TPSA) is 118 Å². The van der Waals surface area contributed by atoms with Gasteiger partial charge in [0, 0.05) is 23.9 Å². The van der Waals surface area contributed by atoms with Crippen LogP contribution < -0.4 is 15.8 Å². The molecule has 3 atom stereocenters. The van der Waals surface area contributed by atoms with Crippen LogP contribution in [0.5, 0.6) is 5.75 Å². The molecular formula is C22H23F2N5O3. The van der Waals surface area contributed by atoms with Crippen molar-refractivity contribution in [1.82, 2.24) is 19.9 Å². The number of benzene rings is 1. The van der Waals surface area contributed by atoms with Crippen molar-refractivity contribution in [3.05, 3.63) is 59.1 Å². The number of alkyl halides is 2. The van der Waals surface area contributed by atoms with E-state index in [-0.39, 0.29) is 12.2 Å². The number of hydrogen-bond acceptors (Lipinski definition) is 7. The predicted molar refractivity (Wildman–Crippen MR) is 113 cm³/mol. The van der Waals surface area contributed by atoms with Crippen molar-refractivity contribution in [2.24, 2.45) is 0 Å². The van der Waals surface area contributed by atoms with Crippen LogP contribution in [0, 0.1) is 0 Å². The molecule has 1 aromatic carbocycles. The molecule has 5 N–H and O–H groups in total. The molecule has 0 saturated carbocycles. The Bertz CT molecular complexity index is 1200. The predicted octanol–water partition coefficient (Wildman–Crippen LogP) is 1.88. The summed E-state index contributed by atoms with van der Waals surface area (Å²) in [6, 6.07) is 4.05. The lowest BCUT2D eigenvalue weighted by molar-refractivity contribution is 0.0295. The summed E-state index contributed by atoms with van der Waals surface area (Å²) in [5, 5.41) is 25.2. The number of halogens is 2. The summed E-state index contributed by atoms with van der Waals surface area (Å²) in [6.45, 7) is 1.21. The number of nitrogens with zero attached hydrogens (tertiary/aromatic N) is 3. The quantitative estimate of drug-likeness (QED) is 0.445. The maximum absolute atomic E-state index is 13.4. The average molecular weight is 443 g/mol. The van der Waals surface area contributed by atoms with E-state index in [1.165, 1.54) is 18.5 Å². The van der Waals surface area contributed by atoms with Crippen molar-refractivity contribution in [1.29, 1.82) is 0 Å². The smallest absolute Gasteiger partial charge is 0.263 e. The second-order valence-corrected chi connectivity index (χ2v) is 8.06. The third kappa shape index (κ3) is 3.50. The summed E-state index contributed by atoms with van der Waals surface area (Å²) in [4.78, 5) is 8.20. The number of hydrogen-bond donors (Lipinski definition) is 4. The zero-order valence-electron chi connectivity index (χ0n) is 17.1. The molecule has 1 aliphatic carbocycles. The van der Waals surface area contributed by atoms with Crippen LogP contribution in [0.3, 0.4) is 0 Å². The number of nitrogens with one attached hydrogen (secondary N) is 1. The third-order valence-electron chi connectivity index (χ3n) is 6.14. The largest absolute Gasteiger partial charge is 0.489 e. The standard InChI is InChI=1S/C22H23F2N5O3/c23-20(24)12-5-11-1-3-26-8-15(11)17(7-12)32-9-13-6-16(19(31)18(13)30)29-4-2-14-21(25)27-10-28-22(14)29/h2,4-7,10,16,18-20,26,30-31H,1,3,8-9H2,(H2,25,27,28). The fraction of sp³-hybridized carbons (Fsp3) is 0.364. The van der Waals surface area contributed by atoms with Gasteiger partial charge in [0.1, 0.15) is 42.4 Å². The van der Waals surface area contributed by atoms with Gasteiger partial charge in [0.2, 0.25) is 0 Å². The van der Waals surface area contributed by atoms with Gasteiger partial charge < -0.3 is 30.6 Å². The molecule has 0 bridgehead atoms. The molecule has 0 amide bonds. The Hall–Kier alpha value is -3.08.